The van der Waals surface area contributed by atoms with E-state index < -0.39 is 0 Å². The van der Waals surface area contributed by atoms with Crippen LogP contribution in [0.25, 0.3) is 11.1 Å². The van der Waals surface area contributed by atoms with Crippen molar-refractivity contribution in [3.8, 4) is 11.1 Å². The molecule has 0 spiro atoms. The van der Waals surface area contributed by atoms with Crippen molar-refractivity contribution in [2.24, 2.45) is 11.8 Å². The van der Waals surface area contributed by atoms with Crippen molar-refractivity contribution >= 4 is 35.0 Å². The lowest BCUT2D eigenvalue weighted by molar-refractivity contribution is -0.130. The van der Waals surface area contributed by atoms with E-state index in [1.807, 2.05) is 70.5 Å². The molecule has 10 heteroatoms. The molecule has 0 saturated carbocycles. The number of carbonyl (C=O) groups excluding carboxylic acids is 4. The van der Waals surface area contributed by atoms with E-state index in [0.717, 1.165) is 72.9 Å². The van der Waals surface area contributed by atoms with Crippen molar-refractivity contribution in [1.29, 1.82) is 0 Å². The minimum absolute atomic E-state index is 0.0630. The Balaban J connectivity index is 0.775. The van der Waals surface area contributed by atoms with E-state index in [1.165, 1.54) is 49.7 Å². The number of nitrogens with one attached hydrogen (secondary N) is 2. The van der Waals surface area contributed by atoms with Crippen LogP contribution in [0.5, 0.6) is 0 Å². The molecule has 4 amide bonds. The molecule has 4 aliphatic rings. The predicted molar refractivity (Wildman–Crippen MR) is 237 cm³/mol. The zero-order valence-electron chi connectivity index (χ0n) is 35.0. The van der Waals surface area contributed by atoms with Gasteiger partial charge in [-0.1, -0.05) is 85.6 Å². The van der Waals surface area contributed by atoms with E-state index in [4.69, 9.17) is 0 Å². The van der Waals surface area contributed by atoms with Crippen LogP contribution in [0, 0.1) is 11.8 Å². The van der Waals surface area contributed by atoms with Gasteiger partial charge in [-0.15, -0.1) is 0 Å². The summed E-state index contributed by atoms with van der Waals surface area (Å²) in [6.45, 7) is 8.29. The van der Waals surface area contributed by atoms with Gasteiger partial charge in [-0.25, -0.2) is 0 Å². The first-order valence-electron chi connectivity index (χ1n) is 22.3. The first kappa shape index (κ1) is 41.4. The van der Waals surface area contributed by atoms with Gasteiger partial charge in [-0.2, -0.15) is 0 Å². The summed E-state index contributed by atoms with van der Waals surface area (Å²) >= 11 is 0. The van der Waals surface area contributed by atoms with E-state index in [1.54, 1.807) is 0 Å². The summed E-state index contributed by atoms with van der Waals surface area (Å²) in [4.78, 5) is 62.0. The van der Waals surface area contributed by atoms with Crippen LogP contribution in [-0.4, -0.2) is 95.6 Å². The number of anilines is 2. The van der Waals surface area contributed by atoms with Crippen molar-refractivity contribution < 1.29 is 19.2 Å². The second-order valence-electron chi connectivity index (χ2n) is 17.3. The van der Waals surface area contributed by atoms with Crippen LogP contribution in [-0.2, 0) is 45.1 Å². The molecule has 4 aromatic rings. The quantitative estimate of drug-likeness (QED) is 0.146. The van der Waals surface area contributed by atoms with Crippen LogP contribution in [0.1, 0.15) is 73.6 Å². The molecule has 4 aromatic carbocycles. The molecule has 8 rings (SSSR count). The monoisotopic (exact) mass is 808 g/mol. The third-order valence-corrected chi connectivity index (χ3v) is 13.1. The van der Waals surface area contributed by atoms with Crippen molar-refractivity contribution in [3.05, 3.63) is 119 Å². The average Bonchev–Trinajstić information content (AvgIpc) is 3.99. The molecular weight excluding hydrogens is 749 g/mol. The van der Waals surface area contributed by atoms with Crippen molar-refractivity contribution in [1.82, 2.24) is 19.6 Å². The highest BCUT2D eigenvalue weighted by molar-refractivity contribution is 5.95. The fourth-order valence-electron chi connectivity index (χ4n) is 9.42. The highest BCUT2D eigenvalue weighted by atomic mass is 16.2. The summed E-state index contributed by atoms with van der Waals surface area (Å²) in [7, 11) is 0. The predicted octanol–water partition coefficient (Wildman–Crippen LogP) is 7.38. The molecule has 4 heterocycles. The largest absolute Gasteiger partial charge is 0.342 e. The van der Waals surface area contributed by atoms with E-state index in [-0.39, 0.29) is 35.5 Å². The van der Waals surface area contributed by atoms with Crippen LogP contribution in [0.4, 0.5) is 11.4 Å². The second-order valence-corrected chi connectivity index (χ2v) is 17.3. The Morgan fingerprint density at radius 1 is 0.450 bits per heavy atom. The maximum Gasteiger partial charge on any atom is 0.229 e. The first-order valence-corrected chi connectivity index (χ1v) is 22.3. The molecule has 2 atom stereocenters. The molecule has 2 N–H and O–H groups in total. The Labute approximate surface area is 355 Å². The molecule has 10 nitrogen and oxygen atoms in total. The molecule has 314 valence electrons. The fourth-order valence-corrected chi connectivity index (χ4v) is 9.42. The molecule has 0 aromatic heterocycles. The lowest BCUT2D eigenvalue weighted by atomic mass is 10.0. The van der Waals surface area contributed by atoms with Gasteiger partial charge < -0.3 is 20.4 Å². The number of piperidine rings is 2. The molecule has 0 radical (unpaired) electrons. The molecule has 0 bridgehead atoms. The third kappa shape index (κ3) is 10.7. The SMILES string of the molecule is O=C(Nc1ccc(-c2ccc(NC(=O)[C@H]3CCN(C(=O)Cc4ccccc4CN4CCCCC4)C3)cc2)cc1)[C@@H]1CCN(C(=O)Cc2ccccc2CN2CCCCC2)C1. The molecule has 4 aliphatic heterocycles. The summed E-state index contributed by atoms with van der Waals surface area (Å²) in [6.07, 6.45) is 9.58. The number of rotatable bonds is 13. The highest BCUT2D eigenvalue weighted by Crippen LogP contribution is 2.27. The van der Waals surface area contributed by atoms with Crippen LogP contribution in [0.3, 0.4) is 0 Å². The normalized spacial score (nSPS) is 19.9. The van der Waals surface area contributed by atoms with Crippen molar-refractivity contribution in [2.75, 3.05) is 63.0 Å². The second kappa shape index (κ2) is 19.8. The molecular formula is C50H60N6O4. The summed E-state index contributed by atoms with van der Waals surface area (Å²) in [5.41, 5.74) is 8.04. The Kier molecular flexibility index (Phi) is 13.7. The number of hydrogen-bond donors (Lipinski definition) is 2. The van der Waals surface area contributed by atoms with Gasteiger partial charge in [0.1, 0.15) is 0 Å². The number of likely N-dealkylation sites (tertiary alicyclic amines) is 4. The Morgan fingerprint density at radius 2 is 0.817 bits per heavy atom. The number of benzene rings is 4. The van der Waals surface area contributed by atoms with Crippen molar-refractivity contribution in [2.45, 2.75) is 77.3 Å². The molecule has 0 aliphatic carbocycles. The van der Waals surface area contributed by atoms with Gasteiger partial charge in [0.05, 0.1) is 24.7 Å². The summed E-state index contributed by atoms with van der Waals surface area (Å²) < 4.78 is 0. The Hall–Kier alpha value is -5.32. The standard InChI is InChI=1S/C50H60N6O4/c57-47(31-39-11-3-5-13-41(39)33-53-25-7-1-8-26-53)55-29-23-43(35-55)49(59)51-45-19-15-37(16-20-45)38-17-21-46(22-18-38)52-50(60)44-24-30-56(36-44)48(58)32-40-12-4-6-14-42(40)34-54-27-9-2-10-28-54/h3-6,11-22,43-44H,1-2,7-10,23-36H2,(H,51,59)(H,52,60)/t43-,44+. The van der Waals surface area contributed by atoms with Gasteiger partial charge in [0, 0.05) is 50.6 Å². The maximum absolute atomic E-state index is 13.4. The lowest BCUT2D eigenvalue weighted by Crippen LogP contribution is -2.33. The molecule has 0 unspecified atom stereocenters. The third-order valence-electron chi connectivity index (χ3n) is 13.1. The lowest BCUT2D eigenvalue weighted by Gasteiger charge is -2.27. The summed E-state index contributed by atoms with van der Waals surface area (Å²) in [6, 6.07) is 32.1. The van der Waals surface area contributed by atoms with Gasteiger partial charge in [0.25, 0.3) is 0 Å². The van der Waals surface area contributed by atoms with Gasteiger partial charge in [-0.3, -0.25) is 29.0 Å². The zero-order valence-corrected chi connectivity index (χ0v) is 35.0. The number of amides is 4. The van der Waals surface area contributed by atoms with Gasteiger partial charge >= 0.3 is 0 Å². The van der Waals surface area contributed by atoms with E-state index in [9.17, 15) is 19.2 Å². The highest BCUT2D eigenvalue weighted by Gasteiger charge is 2.33. The van der Waals surface area contributed by atoms with Gasteiger partial charge in [-0.05, 0) is 122 Å². The zero-order chi connectivity index (χ0) is 41.3. The van der Waals surface area contributed by atoms with Gasteiger partial charge in [0.15, 0.2) is 0 Å². The van der Waals surface area contributed by atoms with E-state index >= 15 is 0 Å². The average molecular weight is 809 g/mol. The number of nitrogens with zero attached hydrogens (tertiary/aromatic N) is 4. The van der Waals surface area contributed by atoms with Crippen molar-refractivity contribution in [3.63, 3.8) is 0 Å². The van der Waals surface area contributed by atoms with E-state index in [0.29, 0.717) is 51.9 Å². The molecule has 4 saturated heterocycles. The Bertz CT molecular complexity index is 1960. The fraction of sp³-hybridized carbons (Fsp3) is 0.440. The topological polar surface area (TPSA) is 105 Å². The summed E-state index contributed by atoms with van der Waals surface area (Å²) in [5.74, 6) is -0.453. The van der Waals surface area contributed by atoms with Crippen LogP contribution in [0.2, 0.25) is 0 Å². The van der Waals surface area contributed by atoms with Gasteiger partial charge in [0.2, 0.25) is 23.6 Å². The first-order chi connectivity index (χ1) is 29.3. The van der Waals surface area contributed by atoms with Crippen LogP contribution >= 0.6 is 0 Å². The summed E-state index contributed by atoms with van der Waals surface area (Å²) in [5, 5.41) is 6.13. The minimum Gasteiger partial charge on any atom is -0.342 e. The minimum atomic E-state index is -0.246. The molecule has 60 heavy (non-hydrogen) atoms. The Morgan fingerprint density at radius 3 is 1.20 bits per heavy atom. The number of carbonyl (C=O) groups is 4. The maximum atomic E-state index is 13.4. The molecule has 4 fully saturated rings. The van der Waals surface area contributed by atoms with E-state index in [2.05, 4.69) is 56.8 Å². The smallest absolute Gasteiger partial charge is 0.229 e. The van der Waals surface area contributed by atoms with Crippen LogP contribution < -0.4 is 10.6 Å². The number of hydrogen-bond acceptors (Lipinski definition) is 6. The van der Waals surface area contributed by atoms with Crippen LogP contribution in [0.15, 0.2) is 97.1 Å².